The minimum absolute atomic E-state index is 0.00380. The first-order chi connectivity index (χ1) is 12.2. The van der Waals surface area contributed by atoms with Crippen molar-refractivity contribution in [2.24, 2.45) is 0 Å². The Morgan fingerprint density at radius 1 is 1.40 bits per heavy atom. The topological polar surface area (TPSA) is 71.0 Å². The van der Waals surface area contributed by atoms with Crippen LogP contribution in [0.5, 0.6) is 0 Å². The maximum atomic E-state index is 12.7. The second kappa shape index (κ2) is 10.5. The number of nitrogens with zero attached hydrogens (tertiary/aromatic N) is 1. The number of aliphatic hydroxyl groups is 1. The fraction of sp³-hybridized carbons (Fsp3) is 0.632. The molecule has 0 radical (unpaired) electrons. The van der Waals surface area contributed by atoms with Crippen LogP contribution in [0.25, 0.3) is 0 Å². The molecule has 0 spiro atoms. The molecule has 2 atom stereocenters. The van der Waals surface area contributed by atoms with Gasteiger partial charge in [-0.15, -0.1) is 0 Å². The van der Waals surface area contributed by atoms with Crippen molar-refractivity contribution >= 4 is 5.91 Å². The number of hydrogen-bond donors (Lipinski definition) is 2. The van der Waals surface area contributed by atoms with E-state index < -0.39 is 6.10 Å². The van der Waals surface area contributed by atoms with Crippen molar-refractivity contribution in [1.82, 2.24) is 10.2 Å². The molecule has 6 heteroatoms. The summed E-state index contributed by atoms with van der Waals surface area (Å²) in [6.45, 7) is 2.94. The quantitative estimate of drug-likeness (QED) is 0.659. The van der Waals surface area contributed by atoms with Gasteiger partial charge in [-0.1, -0.05) is 12.1 Å². The highest BCUT2D eigenvalue weighted by Gasteiger charge is 2.29. The average Bonchev–Trinajstić information content (AvgIpc) is 2.65. The summed E-state index contributed by atoms with van der Waals surface area (Å²) in [4.78, 5) is 14.5. The molecule has 1 aliphatic rings. The summed E-state index contributed by atoms with van der Waals surface area (Å²) in [5.41, 5.74) is 1.82. The van der Waals surface area contributed by atoms with Gasteiger partial charge in [-0.25, -0.2) is 0 Å². The van der Waals surface area contributed by atoms with Gasteiger partial charge < -0.3 is 24.8 Å². The van der Waals surface area contributed by atoms with Crippen LogP contribution in [-0.2, 0) is 16.0 Å². The second-order valence-electron chi connectivity index (χ2n) is 6.44. The van der Waals surface area contributed by atoms with Crippen LogP contribution in [0, 0.1) is 0 Å². The van der Waals surface area contributed by atoms with Crippen LogP contribution < -0.4 is 5.32 Å². The lowest BCUT2D eigenvalue weighted by Gasteiger charge is -2.35. The molecule has 0 saturated carbocycles. The maximum absolute atomic E-state index is 12.7. The van der Waals surface area contributed by atoms with Gasteiger partial charge in [0.2, 0.25) is 0 Å². The predicted octanol–water partition coefficient (Wildman–Crippen LogP) is 1.42. The zero-order valence-electron chi connectivity index (χ0n) is 15.2. The van der Waals surface area contributed by atoms with Crippen LogP contribution >= 0.6 is 0 Å². The Kier molecular flexibility index (Phi) is 8.34. The molecule has 1 unspecified atom stereocenters. The van der Waals surface area contributed by atoms with E-state index in [1.54, 1.807) is 12.0 Å². The summed E-state index contributed by atoms with van der Waals surface area (Å²) in [5, 5.41) is 13.4. The third kappa shape index (κ3) is 6.08. The molecule has 6 nitrogen and oxygen atoms in total. The first-order valence-electron chi connectivity index (χ1n) is 8.97. The molecule has 0 aliphatic carbocycles. The lowest BCUT2D eigenvalue weighted by molar-refractivity contribution is -0.0831. The van der Waals surface area contributed by atoms with Gasteiger partial charge in [-0.3, -0.25) is 4.79 Å². The van der Waals surface area contributed by atoms with Crippen molar-refractivity contribution in [3.05, 3.63) is 35.4 Å². The number of rotatable bonds is 9. The number of morpholine rings is 1. The van der Waals surface area contributed by atoms with Crippen LogP contribution in [0.3, 0.4) is 0 Å². The Labute approximate surface area is 150 Å². The van der Waals surface area contributed by atoms with E-state index in [0.717, 1.165) is 24.9 Å². The third-order valence-electron chi connectivity index (χ3n) is 4.49. The summed E-state index contributed by atoms with van der Waals surface area (Å²) in [7, 11) is 3.57. The highest BCUT2D eigenvalue weighted by Crippen LogP contribution is 2.16. The molecule has 1 aliphatic heterocycles. The predicted molar refractivity (Wildman–Crippen MR) is 96.6 cm³/mol. The Hall–Kier alpha value is -1.47. The average molecular weight is 350 g/mol. The minimum Gasteiger partial charge on any atom is -0.390 e. The lowest BCUT2D eigenvalue weighted by Crippen LogP contribution is -2.49. The highest BCUT2D eigenvalue weighted by atomic mass is 16.5. The SMILES string of the molecule is CNCc1ccc(C(=O)N2CCO[C@@H](C(O)CCCCOC)C2)cc1. The molecule has 2 N–H and O–H groups in total. The van der Waals surface area contributed by atoms with Crippen molar-refractivity contribution in [2.75, 3.05) is 40.5 Å². The molecule has 1 aromatic rings. The number of hydrogen-bond acceptors (Lipinski definition) is 5. The van der Waals surface area contributed by atoms with E-state index in [1.807, 2.05) is 31.3 Å². The van der Waals surface area contributed by atoms with Gasteiger partial charge in [0.15, 0.2) is 0 Å². The molecule has 1 amide bonds. The second-order valence-corrected chi connectivity index (χ2v) is 6.44. The van der Waals surface area contributed by atoms with E-state index in [9.17, 15) is 9.90 Å². The number of ether oxygens (including phenoxy) is 2. The van der Waals surface area contributed by atoms with Crippen LogP contribution in [0.2, 0.25) is 0 Å². The van der Waals surface area contributed by atoms with E-state index >= 15 is 0 Å². The van der Waals surface area contributed by atoms with Gasteiger partial charge in [-0.05, 0) is 44.0 Å². The van der Waals surface area contributed by atoms with Gasteiger partial charge in [-0.2, -0.15) is 0 Å². The van der Waals surface area contributed by atoms with Gasteiger partial charge >= 0.3 is 0 Å². The molecule has 0 aromatic heterocycles. The monoisotopic (exact) mass is 350 g/mol. The molecule has 2 rings (SSSR count). The molecule has 0 bridgehead atoms. The minimum atomic E-state index is -0.550. The number of carbonyl (C=O) groups excluding carboxylic acids is 1. The zero-order valence-corrected chi connectivity index (χ0v) is 15.2. The lowest BCUT2D eigenvalue weighted by atomic mass is 10.0. The maximum Gasteiger partial charge on any atom is 0.254 e. The molecule has 1 saturated heterocycles. The van der Waals surface area contributed by atoms with E-state index in [1.165, 1.54) is 0 Å². The summed E-state index contributed by atoms with van der Waals surface area (Å²) >= 11 is 0. The van der Waals surface area contributed by atoms with E-state index in [-0.39, 0.29) is 12.0 Å². The smallest absolute Gasteiger partial charge is 0.254 e. The van der Waals surface area contributed by atoms with E-state index in [4.69, 9.17) is 9.47 Å². The normalized spacial score (nSPS) is 19.0. The van der Waals surface area contributed by atoms with Crippen LogP contribution in [-0.4, -0.2) is 68.6 Å². The Bertz CT molecular complexity index is 521. The fourth-order valence-electron chi connectivity index (χ4n) is 3.03. The first-order valence-corrected chi connectivity index (χ1v) is 8.97. The van der Waals surface area contributed by atoms with Crippen LogP contribution in [0.1, 0.15) is 35.2 Å². The standard InChI is InChI=1S/C19H30N2O4/c1-20-13-15-6-8-16(9-7-15)19(23)21-10-12-25-18(14-21)17(22)5-3-4-11-24-2/h6-9,17-18,20,22H,3-5,10-14H2,1-2H3/t17?,18-/m1/s1. The van der Waals surface area contributed by atoms with Crippen molar-refractivity contribution in [1.29, 1.82) is 0 Å². The summed E-state index contributed by atoms with van der Waals surface area (Å²) in [6.07, 6.45) is 1.60. The Balaban J connectivity index is 1.87. The van der Waals surface area contributed by atoms with Gasteiger partial charge in [0.25, 0.3) is 5.91 Å². The first kappa shape index (κ1) is 19.8. The highest BCUT2D eigenvalue weighted by molar-refractivity contribution is 5.94. The van der Waals surface area contributed by atoms with Crippen molar-refractivity contribution in [3.8, 4) is 0 Å². The van der Waals surface area contributed by atoms with E-state index in [0.29, 0.717) is 38.3 Å². The zero-order chi connectivity index (χ0) is 18.1. The molecular formula is C19H30N2O4. The fourth-order valence-corrected chi connectivity index (χ4v) is 3.03. The largest absolute Gasteiger partial charge is 0.390 e. The number of methoxy groups -OCH3 is 1. The molecule has 1 heterocycles. The van der Waals surface area contributed by atoms with Crippen LogP contribution in [0.4, 0.5) is 0 Å². The van der Waals surface area contributed by atoms with Crippen molar-refractivity contribution in [3.63, 3.8) is 0 Å². The summed E-state index contributed by atoms with van der Waals surface area (Å²) in [6, 6.07) is 7.65. The van der Waals surface area contributed by atoms with Gasteiger partial charge in [0.1, 0.15) is 6.10 Å². The van der Waals surface area contributed by atoms with Crippen LogP contribution in [0.15, 0.2) is 24.3 Å². The van der Waals surface area contributed by atoms with Crippen molar-refractivity contribution < 1.29 is 19.4 Å². The third-order valence-corrected chi connectivity index (χ3v) is 4.49. The molecular weight excluding hydrogens is 320 g/mol. The molecule has 1 fully saturated rings. The number of unbranched alkanes of at least 4 members (excludes halogenated alkanes) is 1. The Morgan fingerprint density at radius 2 is 2.16 bits per heavy atom. The number of benzene rings is 1. The molecule has 140 valence electrons. The van der Waals surface area contributed by atoms with Crippen molar-refractivity contribution in [2.45, 2.75) is 38.0 Å². The Morgan fingerprint density at radius 3 is 2.84 bits per heavy atom. The summed E-state index contributed by atoms with van der Waals surface area (Å²) < 4.78 is 10.7. The van der Waals surface area contributed by atoms with Gasteiger partial charge in [0, 0.05) is 38.9 Å². The molecule has 1 aromatic carbocycles. The summed E-state index contributed by atoms with van der Waals surface area (Å²) in [5.74, 6) is -0.00380. The molecule has 25 heavy (non-hydrogen) atoms. The number of amides is 1. The number of nitrogens with one attached hydrogen (secondary N) is 1. The number of carbonyl (C=O) groups is 1. The van der Waals surface area contributed by atoms with Gasteiger partial charge in [0.05, 0.1) is 12.7 Å². The number of aliphatic hydroxyl groups excluding tert-OH is 1. The van der Waals surface area contributed by atoms with E-state index in [2.05, 4.69) is 5.32 Å².